The number of amides is 1. The zero-order valence-corrected chi connectivity index (χ0v) is 10.0. The molecule has 0 aliphatic heterocycles. The highest BCUT2D eigenvalue weighted by Crippen LogP contribution is 2.42. The van der Waals surface area contributed by atoms with Crippen molar-refractivity contribution in [3.8, 4) is 0 Å². The minimum atomic E-state index is -0.387. The molecule has 1 amide bonds. The van der Waals surface area contributed by atoms with Crippen molar-refractivity contribution in [1.29, 1.82) is 0 Å². The Morgan fingerprint density at radius 1 is 1.67 bits per heavy atom. The number of carbonyl (C=O) groups is 1. The first kappa shape index (κ1) is 12.5. The van der Waals surface area contributed by atoms with E-state index in [1.165, 1.54) is 0 Å². The predicted octanol–water partition coefficient (Wildman–Crippen LogP) is 0.653. The van der Waals surface area contributed by atoms with Crippen molar-refractivity contribution in [2.24, 2.45) is 11.1 Å². The van der Waals surface area contributed by atoms with Gasteiger partial charge in [-0.05, 0) is 12.8 Å². The Bertz CT molecular complexity index is 241. The van der Waals surface area contributed by atoms with E-state index in [4.69, 9.17) is 10.5 Å². The molecule has 4 nitrogen and oxygen atoms in total. The second kappa shape index (κ2) is 4.49. The zero-order chi connectivity index (χ0) is 11.6. The SMILES string of the molecule is CCC(N)C(=O)NC1CC(OC)C1(C)C. The number of methoxy groups -OCH3 is 1. The van der Waals surface area contributed by atoms with Crippen molar-refractivity contribution in [2.75, 3.05) is 7.11 Å². The highest BCUT2D eigenvalue weighted by atomic mass is 16.5. The molecule has 0 heterocycles. The van der Waals surface area contributed by atoms with Gasteiger partial charge >= 0.3 is 0 Å². The summed E-state index contributed by atoms with van der Waals surface area (Å²) in [7, 11) is 1.71. The Balaban J connectivity index is 2.46. The number of nitrogens with one attached hydrogen (secondary N) is 1. The monoisotopic (exact) mass is 214 g/mol. The zero-order valence-electron chi connectivity index (χ0n) is 10.0. The highest BCUT2D eigenvalue weighted by Gasteiger charge is 2.49. The molecular formula is C11H22N2O2. The lowest BCUT2D eigenvalue weighted by atomic mass is 9.64. The molecular weight excluding hydrogens is 192 g/mol. The van der Waals surface area contributed by atoms with Crippen molar-refractivity contribution >= 4 is 5.91 Å². The van der Waals surface area contributed by atoms with Gasteiger partial charge in [-0.15, -0.1) is 0 Å². The fraction of sp³-hybridized carbons (Fsp3) is 0.909. The van der Waals surface area contributed by atoms with Crippen LogP contribution in [0.2, 0.25) is 0 Å². The smallest absolute Gasteiger partial charge is 0.237 e. The molecule has 1 fully saturated rings. The van der Waals surface area contributed by atoms with E-state index < -0.39 is 0 Å². The molecule has 0 spiro atoms. The third-order valence-corrected chi connectivity index (χ3v) is 3.56. The van der Waals surface area contributed by atoms with Gasteiger partial charge in [0, 0.05) is 18.6 Å². The Morgan fingerprint density at radius 3 is 2.67 bits per heavy atom. The average Bonchev–Trinajstić information content (AvgIpc) is 2.21. The van der Waals surface area contributed by atoms with Crippen LogP contribution in [0.25, 0.3) is 0 Å². The third kappa shape index (κ3) is 2.32. The van der Waals surface area contributed by atoms with E-state index in [9.17, 15) is 4.79 Å². The van der Waals surface area contributed by atoms with E-state index in [1.807, 2.05) is 6.92 Å². The summed E-state index contributed by atoms with van der Waals surface area (Å²) in [5.74, 6) is -0.0508. The molecule has 0 aromatic carbocycles. The van der Waals surface area contributed by atoms with Crippen molar-refractivity contribution < 1.29 is 9.53 Å². The van der Waals surface area contributed by atoms with Crippen LogP contribution in [0, 0.1) is 5.41 Å². The van der Waals surface area contributed by atoms with Crippen LogP contribution in [-0.4, -0.2) is 31.2 Å². The summed E-state index contributed by atoms with van der Waals surface area (Å²) >= 11 is 0. The average molecular weight is 214 g/mol. The van der Waals surface area contributed by atoms with Gasteiger partial charge in [0.25, 0.3) is 0 Å². The lowest BCUT2D eigenvalue weighted by Gasteiger charge is -2.51. The summed E-state index contributed by atoms with van der Waals surface area (Å²) in [4.78, 5) is 11.6. The van der Waals surface area contributed by atoms with Gasteiger partial charge in [0.05, 0.1) is 12.1 Å². The van der Waals surface area contributed by atoms with Crippen molar-refractivity contribution in [2.45, 2.75) is 51.8 Å². The number of nitrogens with two attached hydrogens (primary N) is 1. The molecule has 88 valence electrons. The van der Waals surface area contributed by atoms with Crippen molar-refractivity contribution in [1.82, 2.24) is 5.32 Å². The van der Waals surface area contributed by atoms with E-state index >= 15 is 0 Å². The Kier molecular flexibility index (Phi) is 3.73. The summed E-state index contributed by atoms with van der Waals surface area (Å²) in [5.41, 5.74) is 5.67. The van der Waals surface area contributed by atoms with Gasteiger partial charge in [-0.2, -0.15) is 0 Å². The molecule has 1 saturated carbocycles. The first-order chi connectivity index (χ1) is 6.93. The predicted molar refractivity (Wildman–Crippen MR) is 59.4 cm³/mol. The van der Waals surface area contributed by atoms with E-state index in [0.717, 1.165) is 6.42 Å². The molecule has 15 heavy (non-hydrogen) atoms. The normalized spacial score (nSPS) is 30.5. The van der Waals surface area contributed by atoms with Crippen LogP contribution in [0.1, 0.15) is 33.6 Å². The number of rotatable bonds is 4. The Morgan fingerprint density at radius 2 is 2.27 bits per heavy atom. The molecule has 0 bridgehead atoms. The third-order valence-electron chi connectivity index (χ3n) is 3.56. The van der Waals surface area contributed by atoms with Crippen LogP contribution in [0.5, 0.6) is 0 Å². The van der Waals surface area contributed by atoms with Crippen LogP contribution in [0.15, 0.2) is 0 Å². The molecule has 1 rings (SSSR count). The van der Waals surface area contributed by atoms with E-state index in [0.29, 0.717) is 6.42 Å². The molecule has 0 aromatic rings. The maximum Gasteiger partial charge on any atom is 0.237 e. The van der Waals surface area contributed by atoms with E-state index in [1.54, 1.807) is 7.11 Å². The van der Waals surface area contributed by atoms with Gasteiger partial charge in [0.1, 0.15) is 0 Å². The van der Waals surface area contributed by atoms with Crippen LogP contribution in [-0.2, 0) is 9.53 Å². The van der Waals surface area contributed by atoms with Gasteiger partial charge in [-0.1, -0.05) is 20.8 Å². The number of hydrogen-bond acceptors (Lipinski definition) is 3. The van der Waals surface area contributed by atoms with Crippen LogP contribution >= 0.6 is 0 Å². The van der Waals surface area contributed by atoms with Crippen molar-refractivity contribution in [3.05, 3.63) is 0 Å². The number of carbonyl (C=O) groups excluding carboxylic acids is 1. The van der Waals surface area contributed by atoms with Gasteiger partial charge in [0.15, 0.2) is 0 Å². The quantitative estimate of drug-likeness (QED) is 0.722. The van der Waals surface area contributed by atoms with Crippen LogP contribution < -0.4 is 11.1 Å². The maximum absolute atomic E-state index is 11.6. The molecule has 1 aliphatic carbocycles. The second-order valence-corrected chi connectivity index (χ2v) is 4.86. The minimum Gasteiger partial charge on any atom is -0.381 e. The highest BCUT2D eigenvalue weighted by molar-refractivity contribution is 5.81. The van der Waals surface area contributed by atoms with Gasteiger partial charge < -0.3 is 15.8 Å². The molecule has 0 radical (unpaired) electrons. The molecule has 3 N–H and O–H groups in total. The van der Waals surface area contributed by atoms with Crippen LogP contribution in [0.3, 0.4) is 0 Å². The number of hydrogen-bond donors (Lipinski definition) is 2. The van der Waals surface area contributed by atoms with E-state index in [-0.39, 0.29) is 29.5 Å². The first-order valence-electron chi connectivity index (χ1n) is 5.52. The molecule has 0 saturated heterocycles. The summed E-state index contributed by atoms with van der Waals surface area (Å²) in [6.45, 7) is 6.12. The molecule has 3 unspecified atom stereocenters. The number of ether oxygens (including phenoxy) is 1. The molecule has 3 atom stereocenters. The van der Waals surface area contributed by atoms with Gasteiger partial charge in [-0.3, -0.25) is 4.79 Å². The summed E-state index contributed by atoms with van der Waals surface area (Å²) in [6, 6.07) is -0.199. The second-order valence-electron chi connectivity index (χ2n) is 4.86. The van der Waals surface area contributed by atoms with Crippen LogP contribution in [0.4, 0.5) is 0 Å². The standard InChI is InChI=1S/C11H22N2O2/c1-5-7(12)10(14)13-8-6-9(15-4)11(8,2)3/h7-9H,5-6,12H2,1-4H3,(H,13,14). The minimum absolute atomic E-state index is 0.0118. The van der Waals surface area contributed by atoms with E-state index in [2.05, 4.69) is 19.2 Å². The topological polar surface area (TPSA) is 64.4 Å². The summed E-state index contributed by atoms with van der Waals surface area (Å²) in [5, 5.41) is 2.98. The first-order valence-corrected chi connectivity index (χ1v) is 5.52. The summed E-state index contributed by atoms with van der Waals surface area (Å²) < 4.78 is 5.32. The van der Waals surface area contributed by atoms with Gasteiger partial charge in [0.2, 0.25) is 5.91 Å². The molecule has 4 heteroatoms. The fourth-order valence-electron chi connectivity index (χ4n) is 1.99. The Labute approximate surface area is 91.5 Å². The fourth-order valence-corrected chi connectivity index (χ4v) is 1.99. The molecule has 0 aromatic heterocycles. The maximum atomic E-state index is 11.6. The molecule has 1 aliphatic rings. The van der Waals surface area contributed by atoms with Gasteiger partial charge in [-0.25, -0.2) is 0 Å². The van der Waals surface area contributed by atoms with Crippen molar-refractivity contribution in [3.63, 3.8) is 0 Å². The Hall–Kier alpha value is -0.610. The lowest BCUT2D eigenvalue weighted by Crippen LogP contribution is -2.63. The largest absolute Gasteiger partial charge is 0.381 e. The summed E-state index contributed by atoms with van der Waals surface area (Å²) in [6.07, 6.45) is 1.79. The lowest BCUT2D eigenvalue weighted by molar-refractivity contribution is -0.133.